The number of nitrogens with zero attached hydrogens (tertiary/aromatic N) is 3. The average Bonchev–Trinajstić information content (AvgIpc) is 3.71. The molecule has 0 fully saturated rings. The highest BCUT2D eigenvalue weighted by atomic mass is 32.1. The predicted molar refractivity (Wildman–Crippen MR) is 164 cm³/mol. The van der Waals surface area contributed by atoms with Crippen molar-refractivity contribution >= 4 is 40.9 Å². The molecule has 0 spiro atoms. The Balaban J connectivity index is 1.62. The number of hydrogen-bond donors (Lipinski definition) is 5. The van der Waals surface area contributed by atoms with Crippen molar-refractivity contribution in [3.05, 3.63) is 58.4 Å². The second kappa shape index (κ2) is 14.9. The smallest absolute Gasteiger partial charge is 0.391 e. The Kier molecular flexibility index (Phi) is 11.2. The van der Waals surface area contributed by atoms with E-state index in [-0.39, 0.29) is 42.7 Å². The minimum absolute atomic E-state index is 0.0343. The summed E-state index contributed by atoms with van der Waals surface area (Å²) in [5.74, 6) is -3.95. The third-order valence-corrected chi connectivity index (χ3v) is 8.23. The lowest BCUT2D eigenvalue weighted by Gasteiger charge is -2.26. The van der Waals surface area contributed by atoms with E-state index in [0.29, 0.717) is 10.6 Å². The molecule has 2 aromatic heterocycles. The zero-order valence-electron chi connectivity index (χ0n) is 26.3. The molecular weight excluding hydrogens is 659 g/mol. The van der Waals surface area contributed by atoms with Crippen LogP contribution in [0.3, 0.4) is 0 Å². The van der Waals surface area contributed by atoms with Crippen LogP contribution in [-0.4, -0.2) is 87.0 Å². The van der Waals surface area contributed by atoms with Crippen LogP contribution >= 0.6 is 11.3 Å². The van der Waals surface area contributed by atoms with Crippen molar-refractivity contribution < 1.29 is 46.8 Å². The van der Waals surface area contributed by atoms with E-state index in [1.807, 2.05) is 0 Å². The lowest BCUT2D eigenvalue weighted by atomic mass is 10.0. The van der Waals surface area contributed by atoms with Crippen LogP contribution in [0.1, 0.15) is 60.0 Å². The number of alkyl halides is 3. The number of aliphatic hydroxyl groups excluding tert-OH is 1. The monoisotopic (exact) mass is 693 g/mol. The van der Waals surface area contributed by atoms with E-state index in [4.69, 9.17) is 4.52 Å². The lowest BCUT2D eigenvalue weighted by molar-refractivity contribution is -0.137. The highest BCUT2D eigenvalue weighted by Crippen LogP contribution is 2.32. The molecule has 1 aliphatic rings. The number of amides is 5. The van der Waals surface area contributed by atoms with Crippen LogP contribution in [0.4, 0.5) is 13.2 Å². The number of carbonyl (C=O) groups excluding carboxylic acids is 5. The molecule has 3 heterocycles. The molecule has 4 atom stereocenters. The lowest BCUT2D eigenvalue weighted by Crippen LogP contribution is -2.58. The first-order chi connectivity index (χ1) is 22.5. The number of nitrogens with one attached hydrogen (secondary N) is 4. The van der Waals surface area contributed by atoms with Crippen molar-refractivity contribution in [2.24, 2.45) is 5.92 Å². The first-order valence-corrected chi connectivity index (χ1v) is 15.7. The fourth-order valence-corrected chi connectivity index (χ4v) is 5.43. The van der Waals surface area contributed by atoms with Crippen LogP contribution in [0.15, 0.2) is 40.2 Å². The topological polar surface area (TPSA) is 196 Å². The number of hydrogen-bond acceptors (Lipinski definition) is 10. The molecule has 0 aliphatic carbocycles. The largest absolute Gasteiger partial charge is 0.416 e. The number of aliphatic hydroxyl groups is 1. The molecule has 18 heteroatoms. The standard InChI is InChI=1S/C30H34F3N7O7S/c1-14(2)22-26(44)34-9-10-40(29(46)21-13-48-28(36-21)17-5-7-18(8-6-17)30(31,32)33)12-19-11-20(39-47-19)25(43)38-23(16(4)41)27(45)35-15(3)24(42)37-22/h5-8,11,13-16,22-23,41H,9-10,12H2,1-4H3,(H,34,44)(H,35,45)(H,37,42)(H,38,43)/t15-,16+,22-,23-/m0/s1. The van der Waals surface area contributed by atoms with E-state index in [9.17, 15) is 42.3 Å². The van der Waals surface area contributed by atoms with Gasteiger partial charge in [-0.25, -0.2) is 4.98 Å². The van der Waals surface area contributed by atoms with Crippen molar-refractivity contribution in [3.63, 3.8) is 0 Å². The summed E-state index contributed by atoms with van der Waals surface area (Å²) in [7, 11) is 0. The summed E-state index contributed by atoms with van der Waals surface area (Å²) in [5.41, 5.74) is -0.768. The molecule has 258 valence electrons. The maximum Gasteiger partial charge on any atom is 0.416 e. The van der Waals surface area contributed by atoms with E-state index in [0.717, 1.165) is 23.5 Å². The van der Waals surface area contributed by atoms with Gasteiger partial charge < -0.3 is 35.8 Å². The molecule has 5 amide bonds. The number of halogens is 3. The van der Waals surface area contributed by atoms with Crippen molar-refractivity contribution in [2.45, 2.75) is 64.6 Å². The van der Waals surface area contributed by atoms with E-state index in [1.54, 1.807) is 13.8 Å². The van der Waals surface area contributed by atoms with E-state index in [1.165, 1.54) is 42.3 Å². The summed E-state index contributed by atoms with van der Waals surface area (Å²) >= 11 is 1.04. The van der Waals surface area contributed by atoms with Crippen LogP contribution < -0.4 is 21.3 Å². The van der Waals surface area contributed by atoms with Gasteiger partial charge in [0.25, 0.3) is 11.8 Å². The Morgan fingerprint density at radius 2 is 1.71 bits per heavy atom. The van der Waals surface area contributed by atoms with Gasteiger partial charge in [0, 0.05) is 30.1 Å². The van der Waals surface area contributed by atoms with Gasteiger partial charge in [0.2, 0.25) is 17.7 Å². The summed E-state index contributed by atoms with van der Waals surface area (Å²) in [6.45, 7) is 5.62. The number of aromatic nitrogens is 2. The van der Waals surface area contributed by atoms with Crippen molar-refractivity contribution in [1.82, 2.24) is 36.3 Å². The van der Waals surface area contributed by atoms with Crippen molar-refractivity contribution in [2.75, 3.05) is 13.1 Å². The SMILES string of the molecule is CC(C)[C@@H]1NC(=O)[C@H](C)NC(=O)[C@H]([C@@H](C)O)NC(=O)c2cc(on2)CN(C(=O)c2csc(-c3ccc(C(F)(F)F)cc3)n2)CCNC1=O. The molecule has 1 aliphatic heterocycles. The first-order valence-electron chi connectivity index (χ1n) is 14.8. The zero-order valence-corrected chi connectivity index (χ0v) is 27.1. The quantitative estimate of drug-likeness (QED) is 0.270. The molecule has 48 heavy (non-hydrogen) atoms. The molecule has 0 unspecified atom stereocenters. The van der Waals surface area contributed by atoms with E-state index in [2.05, 4.69) is 31.4 Å². The third-order valence-electron chi connectivity index (χ3n) is 7.34. The summed E-state index contributed by atoms with van der Waals surface area (Å²) in [5, 5.41) is 25.7. The number of carbonyl (C=O) groups is 5. The summed E-state index contributed by atoms with van der Waals surface area (Å²) < 4.78 is 44.3. The molecule has 0 radical (unpaired) electrons. The Morgan fingerprint density at radius 3 is 2.33 bits per heavy atom. The van der Waals surface area contributed by atoms with Gasteiger partial charge in [0.15, 0.2) is 11.5 Å². The van der Waals surface area contributed by atoms with Gasteiger partial charge in [-0.05, 0) is 31.9 Å². The Bertz CT molecular complexity index is 1660. The van der Waals surface area contributed by atoms with Crippen LogP contribution in [0.25, 0.3) is 10.6 Å². The van der Waals surface area contributed by atoms with E-state index >= 15 is 0 Å². The Labute approximate surface area is 276 Å². The molecule has 4 rings (SSSR count). The maximum absolute atomic E-state index is 13.7. The highest BCUT2D eigenvalue weighted by Gasteiger charge is 2.33. The fraction of sp³-hybridized carbons (Fsp3) is 0.433. The molecule has 2 bridgehead atoms. The third kappa shape index (κ3) is 8.74. The number of fused-ring (bicyclic) bond motifs is 2. The predicted octanol–water partition coefficient (Wildman–Crippen LogP) is 1.71. The minimum Gasteiger partial charge on any atom is -0.391 e. The number of benzene rings is 1. The van der Waals surface area contributed by atoms with Crippen LogP contribution in [0, 0.1) is 5.92 Å². The molecule has 14 nitrogen and oxygen atoms in total. The second-order valence-electron chi connectivity index (χ2n) is 11.5. The van der Waals surface area contributed by atoms with Gasteiger partial charge in [0.1, 0.15) is 28.8 Å². The molecule has 0 saturated carbocycles. The average molecular weight is 694 g/mol. The summed E-state index contributed by atoms with van der Waals surface area (Å²) in [4.78, 5) is 71.1. The Hall–Kier alpha value is -4.84. The fourth-order valence-electron chi connectivity index (χ4n) is 4.63. The van der Waals surface area contributed by atoms with Crippen LogP contribution in [0.2, 0.25) is 0 Å². The molecule has 5 N–H and O–H groups in total. The van der Waals surface area contributed by atoms with Gasteiger partial charge in [-0.2, -0.15) is 13.2 Å². The first kappa shape index (κ1) is 36.0. The van der Waals surface area contributed by atoms with Crippen molar-refractivity contribution in [3.8, 4) is 10.6 Å². The van der Waals surface area contributed by atoms with Gasteiger partial charge in [-0.1, -0.05) is 31.1 Å². The van der Waals surface area contributed by atoms with E-state index < -0.39 is 65.5 Å². The van der Waals surface area contributed by atoms with Crippen LogP contribution in [-0.2, 0) is 27.1 Å². The normalized spacial score (nSPS) is 21.0. The van der Waals surface area contributed by atoms with Gasteiger partial charge in [-0.15, -0.1) is 11.3 Å². The van der Waals surface area contributed by atoms with Gasteiger partial charge in [0.05, 0.1) is 18.2 Å². The Morgan fingerprint density at radius 1 is 1.02 bits per heavy atom. The molecular formula is C30H34F3N7O7S. The van der Waals surface area contributed by atoms with Crippen LogP contribution in [0.5, 0.6) is 0 Å². The van der Waals surface area contributed by atoms with Gasteiger partial charge in [-0.3, -0.25) is 24.0 Å². The number of rotatable bonds is 4. The molecule has 1 aromatic carbocycles. The highest BCUT2D eigenvalue weighted by molar-refractivity contribution is 7.13. The minimum atomic E-state index is -4.51. The van der Waals surface area contributed by atoms with Crippen molar-refractivity contribution in [1.29, 1.82) is 0 Å². The maximum atomic E-state index is 13.7. The molecule has 0 saturated heterocycles. The second-order valence-corrected chi connectivity index (χ2v) is 12.3. The summed E-state index contributed by atoms with van der Waals surface area (Å²) in [6, 6.07) is 1.90. The van der Waals surface area contributed by atoms with Gasteiger partial charge >= 0.3 is 6.18 Å². The molecule has 3 aromatic rings. The zero-order chi connectivity index (χ0) is 35.3. The number of thiazole rings is 1. The summed E-state index contributed by atoms with van der Waals surface area (Å²) in [6.07, 6.45) is -5.89.